The van der Waals surface area contributed by atoms with Crippen molar-refractivity contribution in [3.63, 3.8) is 0 Å². The van der Waals surface area contributed by atoms with Gasteiger partial charge in [-0.05, 0) is 43.2 Å². The van der Waals surface area contributed by atoms with Crippen molar-refractivity contribution in [3.05, 3.63) is 53.0 Å². The fourth-order valence-electron chi connectivity index (χ4n) is 3.73. The molecule has 4 rings (SSSR count). The van der Waals surface area contributed by atoms with Gasteiger partial charge in [0.05, 0.1) is 49.6 Å². The quantitative estimate of drug-likeness (QED) is 0.658. The Hall–Kier alpha value is -4.01. The zero-order valence-corrected chi connectivity index (χ0v) is 18.5. The highest BCUT2D eigenvalue weighted by atomic mass is 16.5. The Bertz CT molecular complexity index is 1240. The number of carbonyl (C=O) groups is 2. The zero-order chi connectivity index (χ0) is 23.0. The van der Waals surface area contributed by atoms with Gasteiger partial charge in [-0.1, -0.05) is 0 Å². The third kappa shape index (κ3) is 3.73. The number of nitrogens with zero attached hydrogens (tertiary/aromatic N) is 4. The lowest BCUT2D eigenvalue weighted by molar-refractivity contribution is -0.114. The Balaban J connectivity index is 1.68. The summed E-state index contributed by atoms with van der Waals surface area (Å²) in [5.74, 6) is 1.04. The van der Waals surface area contributed by atoms with Crippen molar-refractivity contribution in [3.8, 4) is 22.9 Å². The molecule has 0 aliphatic carbocycles. The standard InChI is InChI=1S/C23H23N5O4/c1-12-7-17(15-8-19(31-4)22(32-5)25-9-15)27-18-11-28(23(30)20(12)18)16-6-13(2)21(24-10-16)26-14(3)29/h6-10H,11H2,1-5H3,(H,24,26,29). The number of fused-ring (bicyclic) bond motifs is 1. The lowest BCUT2D eigenvalue weighted by Gasteiger charge is -2.17. The number of nitrogens with one attached hydrogen (secondary N) is 1. The van der Waals surface area contributed by atoms with E-state index in [1.54, 1.807) is 24.4 Å². The summed E-state index contributed by atoms with van der Waals surface area (Å²) < 4.78 is 10.6. The molecule has 0 unspecified atom stereocenters. The molecule has 4 heterocycles. The molecular weight excluding hydrogens is 410 g/mol. The normalized spacial score (nSPS) is 12.5. The zero-order valence-electron chi connectivity index (χ0n) is 18.5. The molecule has 0 saturated carbocycles. The Morgan fingerprint density at radius 2 is 1.84 bits per heavy atom. The number of aryl methyl sites for hydroxylation is 2. The van der Waals surface area contributed by atoms with Crippen LogP contribution in [0.1, 0.15) is 34.1 Å². The summed E-state index contributed by atoms with van der Waals surface area (Å²) in [4.78, 5) is 39.5. The van der Waals surface area contributed by atoms with E-state index < -0.39 is 0 Å². The summed E-state index contributed by atoms with van der Waals surface area (Å²) in [6.07, 6.45) is 3.24. The van der Waals surface area contributed by atoms with Gasteiger partial charge in [0.25, 0.3) is 11.8 Å². The molecule has 9 nitrogen and oxygen atoms in total. The van der Waals surface area contributed by atoms with E-state index >= 15 is 0 Å². The highest BCUT2D eigenvalue weighted by Crippen LogP contribution is 2.34. The van der Waals surface area contributed by atoms with Crippen molar-refractivity contribution in [2.45, 2.75) is 27.3 Å². The SMILES string of the molecule is COc1cc(-c2cc(C)c3c(n2)CN(c2cnc(NC(C)=O)c(C)c2)C3=O)cnc1OC. The van der Waals surface area contributed by atoms with Gasteiger partial charge in [-0.25, -0.2) is 9.97 Å². The third-order valence-electron chi connectivity index (χ3n) is 5.26. The van der Waals surface area contributed by atoms with Crippen LogP contribution >= 0.6 is 0 Å². The van der Waals surface area contributed by atoms with Crippen LogP contribution in [0, 0.1) is 13.8 Å². The van der Waals surface area contributed by atoms with E-state index in [-0.39, 0.29) is 11.8 Å². The van der Waals surface area contributed by atoms with Crippen LogP contribution in [-0.4, -0.2) is 41.0 Å². The van der Waals surface area contributed by atoms with E-state index in [1.807, 2.05) is 32.0 Å². The number of carbonyl (C=O) groups excluding carboxylic acids is 2. The minimum atomic E-state index is -0.199. The number of hydrogen-bond donors (Lipinski definition) is 1. The molecule has 0 aromatic carbocycles. The summed E-state index contributed by atoms with van der Waals surface area (Å²) in [5, 5.41) is 2.68. The minimum absolute atomic E-state index is 0.129. The molecule has 164 valence electrons. The average Bonchev–Trinajstić information content (AvgIpc) is 3.11. The van der Waals surface area contributed by atoms with Gasteiger partial charge in [0.2, 0.25) is 5.91 Å². The second-order valence-electron chi connectivity index (χ2n) is 7.51. The minimum Gasteiger partial charge on any atom is -0.491 e. The maximum absolute atomic E-state index is 13.2. The topological polar surface area (TPSA) is 107 Å². The van der Waals surface area contributed by atoms with Gasteiger partial charge in [-0.3, -0.25) is 14.6 Å². The van der Waals surface area contributed by atoms with Crippen molar-refractivity contribution in [2.24, 2.45) is 0 Å². The number of aromatic nitrogens is 3. The van der Waals surface area contributed by atoms with Crippen LogP contribution in [-0.2, 0) is 11.3 Å². The number of rotatable bonds is 5. The van der Waals surface area contributed by atoms with Crippen molar-refractivity contribution in [1.29, 1.82) is 0 Å². The van der Waals surface area contributed by atoms with Crippen molar-refractivity contribution < 1.29 is 19.1 Å². The Kier molecular flexibility index (Phi) is 5.48. The number of pyridine rings is 3. The summed E-state index contributed by atoms with van der Waals surface area (Å²) in [7, 11) is 3.08. The summed E-state index contributed by atoms with van der Waals surface area (Å²) >= 11 is 0. The van der Waals surface area contributed by atoms with Gasteiger partial charge in [0, 0.05) is 18.7 Å². The van der Waals surface area contributed by atoms with Crippen LogP contribution in [0.3, 0.4) is 0 Å². The van der Waals surface area contributed by atoms with Gasteiger partial charge in [-0.2, -0.15) is 0 Å². The van der Waals surface area contributed by atoms with Crippen molar-refractivity contribution in [2.75, 3.05) is 24.4 Å². The monoisotopic (exact) mass is 433 g/mol. The predicted octanol–water partition coefficient (Wildman–Crippen LogP) is 3.29. The fraction of sp³-hybridized carbons (Fsp3) is 0.261. The maximum atomic E-state index is 13.2. The molecule has 32 heavy (non-hydrogen) atoms. The number of ether oxygens (including phenoxy) is 2. The Morgan fingerprint density at radius 3 is 2.50 bits per heavy atom. The molecule has 1 aliphatic heterocycles. The molecule has 3 aromatic heterocycles. The van der Waals surface area contributed by atoms with Gasteiger partial charge < -0.3 is 19.7 Å². The van der Waals surface area contributed by atoms with E-state index in [2.05, 4.69) is 15.3 Å². The molecule has 0 atom stereocenters. The van der Waals surface area contributed by atoms with E-state index in [0.29, 0.717) is 46.6 Å². The number of hydrogen-bond acceptors (Lipinski definition) is 7. The predicted molar refractivity (Wildman–Crippen MR) is 119 cm³/mol. The molecule has 0 fully saturated rings. The van der Waals surface area contributed by atoms with E-state index in [9.17, 15) is 9.59 Å². The molecule has 1 aliphatic rings. The first kappa shape index (κ1) is 21.2. The summed E-state index contributed by atoms with van der Waals surface area (Å²) in [5.41, 5.74) is 4.97. The molecule has 0 bridgehead atoms. The van der Waals surface area contributed by atoms with Gasteiger partial charge in [0.15, 0.2) is 5.75 Å². The third-order valence-corrected chi connectivity index (χ3v) is 5.26. The first-order valence-electron chi connectivity index (χ1n) is 9.97. The molecule has 0 spiro atoms. The van der Waals surface area contributed by atoms with Crippen molar-refractivity contribution in [1.82, 2.24) is 15.0 Å². The first-order valence-corrected chi connectivity index (χ1v) is 9.97. The second kappa shape index (κ2) is 8.26. The smallest absolute Gasteiger partial charge is 0.260 e. The van der Waals surface area contributed by atoms with Crippen LogP contribution in [0.15, 0.2) is 30.6 Å². The molecule has 1 N–H and O–H groups in total. The highest BCUT2D eigenvalue weighted by molar-refractivity contribution is 6.10. The molecule has 2 amide bonds. The largest absolute Gasteiger partial charge is 0.491 e. The molecule has 3 aromatic rings. The van der Waals surface area contributed by atoms with Gasteiger partial charge in [0.1, 0.15) is 5.82 Å². The van der Waals surface area contributed by atoms with E-state index in [4.69, 9.17) is 14.5 Å². The Morgan fingerprint density at radius 1 is 1.06 bits per heavy atom. The van der Waals surface area contributed by atoms with Crippen molar-refractivity contribution >= 4 is 23.3 Å². The van der Waals surface area contributed by atoms with Crippen LogP contribution in [0.5, 0.6) is 11.6 Å². The fourth-order valence-corrected chi connectivity index (χ4v) is 3.73. The maximum Gasteiger partial charge on any atom is 0.260 e. The van der Waals surface area contributed by atoms with E-state index in [0.717, 1.165) is 16.7 Å². The molecule has 0 saturated heterocycles. The lowest BCUT2D eigenvalue weighted by atomic mass is 10.0. The van der Waals surface area contributed by atoms with Gasteiger partial charge in [-0.15, -0.1) is 0 Å². The molecule has 9 heteroatoms. The highest BCUT2D eigenvalue weighted by Gasteiger charge is 2.32. The van der Waals surface area contributed by atoms with Crippen LogP contribution in [0.25, 0.3) is 11.3 Å². The van der Waals surface area contributed by atoms with Crippen LogP contribution in [0.4, 0.5) is 11.5 Å². The summed E-state index contributed by atoms with van der Waals surface area (Å²) in [6, 6.07) is 5.51. The van der Waals surface area contributed by atoms with E-state index in [1.165, 1.54) is 14.0 Å². The number of methoxy groups -OCH3 is 2. The van der Waals surface area contributed by atoms with Crippen LogP contribution < -0.4 is 19.7 Å². The Labute approximate surface area is 185 Å². The lowest BCUT2D eigenvalue weighted by Crippen LogP contribution is -2.24. The number of anilines is 2. The number of amides is 2. The average molecular weight is 433 g/mol. The van der Waals surface area contributed by atoms with Crippen LogP contribution in [0.2, 0.25) is 0 Å². The second-order valence-corrected chi connectivity index (χ2v) is 7.51. The molecular formula is C23H23N5O4. The first-order chi connectivity index (χ1) is 15.3. The molecule has 0 radical (unpaired) electrons. The van der Waals surface area contributed by atoms with Gasteiger partial charge >= 0.3 is 0 Å². The summed E-state index contributed by atoms with van der Waals surface area (Å²) in [6.45, 7) is 5.48.